The predicted molar refractivity (Wildman–Crippen MR) is 113 cm³/mol. The van der Waals surface area contributed by atoms with Crippen LogP contribution >= 0.6 is 12.4 Å². The number of benzene rings is 2. The van der Waals surface area contributed by atoms with Gasteiger partial charge in [0.05, 0.1) is 17.3 Å². The molecule has 1 fully saturated rings. The van der Waals surface area contributed by atoms with Crippen molar-refractivity contribution in [2.45, 2.75) is 18.9 Å². The SMILES string of the molecule is CNC1CCN(C(=O)c2ccccc2-c2ncc(-c3ccccc3F)o2)CC1.Cl. The molecule has 1 saturated heterocycles. The average Bonchev–Trinajstić information content (AvgIpc) is 3.23. The van der Waals surface area contributed by atoms with Crippen LogP contribution in [0.25, 0.3) is 22.8 Å². The normalized spacial score (nSPS) is 14.5. The fourth-order valence-electron chi connectivity index (χ4n) is 3.58. The second-order valence-electron chi connectivity index (χ2n) is 6.91. The summed E-state index contributed by atoms with van der Waals surface area (Å²) in [5.74, 6) is 0.246. The summed E-state index contributed by atoms with van der Waals surface area (Å²) in [7, 11) is 1.95. The molecule has 0 saturated carbocycles. The van der Waals surface area contributed by atoms with Crippen LogP contribution in [0.15, 0.2) is 59.1 Å². The van der Waals surface area contributed by atoms with Gasteiger partial charge in [-0.05, 0) is 44.2 Å². The number of likely N-dealkylation sites (tertiary alicyclic amines) is 1. The van der Waals surface area contributed by atoms with Crippen LogP contribution in [0.1, 0.15) is 23.2 Å². The third kappa shape index (κ3) is 4.33. The van der Waals surface area contributed by atoms with E-state index < -0.39 is 0 Å². The maximum atomic E-state index is 14.0. The lowest BCUT2D eigenvalue weighted by Crippen LogP contribution is -2.44. The van der Waals surface area contributed by atoms with Crippen LogP contribution in [0.5, 0.6) is 0 Å². The Bertz CT molecular complexity index is 983. The summed E-state index contributed by atoms with van der Waals surface area (Å²) in [5, 5.41) is 3.27. The highest BCUT2D eigenvalue weighted by Crippen LogP contribution is 2.30. The van der Waals surface area contributed by atoms with Gasteiger partial charge in [0.25, 0.3) is 5.91 Å². The van der Waals surface area contributed by atoms with Crippen LogP contribution in [0.4, 0.5) is 4.39 Å². The van der Waals surface area contributed by atoms with Gasteiger partial charge in [0, 0.05) is 24.7 Å². The lowest BCUT2D eigenvalue weighted by Gasteiger charge is -2.32. The van der Waals surface area contributed by atoms with Crippen LogP contribution in [-0.4, -0.2) is 42.0 Å². The summed E-state index contributed by atoms with van der Waals surface area (Å²) in [4.78, 5) is 19.3. The van der Waals surface area contributed by atoms with Crippen LogP contribution in [0.3, 0.4) is 0 Å². The number of hydrogen-bond donors (Lipinski definition) is 1. The fourth-order valence-corrected chi connectivity index (χ4v) is 3.58. The van der Waals surface area contributed by atoms with E-state index >= 15 is 0 Å². The van der Waals surface area contributed by atoms with Crippen molar-refractivity contribution in [2.75, 3.05) is 20.1 Å². The number of carbonyl (C=O) groups is 1. The topological polar surface area (TPSA) is 58.4 Å². The summed E-state index contributed by atoms with van der Waals surface area (Å²) in [6.45, 7) is 1.43. The largest absolute Gasteiger partial charge is 0.436 e. The van der Waals surface area contributed by atoms with Gasteiger partial charge in [0.15, 0.2) is 5.76 Å². The lowest BCUT2D eigenvalue weighted by molar-refractivity contribution is 0.0708. The van der Waals surface area contributed by atoms with Crippen molar-refractivity contribution in [3.05, 3.63) is 66.1 Å². The van der Waals surface area contributed by atoms with Gasteiger partial charge in [-0.3, -0.25) is 4.79 Å². The Morgan fingerprint density at radius 1 is 1.10 bits per heavy atom. The first-order valence-electron chi connectivity index (χ1n) is 9.44. The molecular weight excluding hydrogens is 393 g/mol. The highest BCUT2D eigenvalue weighted by Gasteiger charge is 2.25. The number of rotatable bonds is 4. The van der Waals surface area contributed by atoms with Crippen LogP contribution < -0.4 is 5.32 Å². The minimum atomic E-state index is -0.373. The molecule has 0 unspecified atom stereocenters. The molecule has 1 aliphatic rings. The summed E-state index contributed by atoms with van der Waals surface area (Å²) >= 11 is 0. The molecular formula is C22H23ClFN3O2. The number of aromatic nitrogens is 1. The van der Waals surface area contributed by atoms with Gasteiger partial charge in [0.1, 0.15) is 5.82 Å². The number of nitrogens with one attached hydrogen (secondary N) is 1. The molecule has 1 amide bonds. The first-order chi connectivity index (χ1) is 13.7. The fraction of sp³-hybridized carbons (Fsp3) is 0.273. The monoisotopic (exact) mass is 415 g/mol. The summed E-state index contributed by atoms with van der Waals surface area (Å²) in [6, 6.07) is 14.1. The van der Waals surface area contributed by atoms with Crippen molar-refractivity contribution >= 4 is 18.3 Å². The van der Waals surface area contributed by atoms with E-state index in [1.54, 1.807) is 24.3 Å². The molecule has 3 aromatic rings. The molecule has 0 spiro atoms. The van der Waals surface area contributed by atoms with Gasteiger partial charge in [-0.25, -0.2) is 9.37 Å². The highest BCUT2D eigenvalue weighted by atomic mass is 35.5. The van der Waals surface area contributed by atoms with Gasteiger partial charge < -0.3 is 14.6 Å². The van der Waals surface area contributed by atoms with Crippen molar-refractivity contribution in [3.63, 3.8) is 0 Å². The number of nitrogens with zero attached hydrogens (tertiary/aromatic N) is 2. The number of amides is 1. The lowest BCUT2D eigenvalue weighted by atomic mass is 10.0. The second kappa shape index (κ2) is 9.20. The van der Waals surface area contributed by atoms with Gasteiger partial charge in [0.2, 0.25) is 5.89 Å². The molecule has 29 heavy (non-hydrogen) atoms. The highest BCUT2D eigenvalue weighted by molar-refractivity contribution is 6.00. The van der Waals surface area contributed by atoms with E-state index in [0.29, 0.717) is 47.5 Å². The van der Waals surface area contributed by atoms with Gasteiger partial charge in [-0.2, -0.15) is 0 Å². The van der Waals surface area contributed by atoms with Crippen molar-refractivity contribution in [1.82, 2.24) is 15.2 Å². The van der Waals surface area contributed by atoms with Gasteiger partial charge in [-0.1, -0.05) is 24.3 Å². The van der Waals surface area contributed by atoms with Gasteiger partial charge >= 0.3 is 0 Å². The Morgan fingerprint density at radius 3 is 2.45 bits per heavy atom. The maximum Gasteiger partial charge on any atom is 0.254 e. The predicted octanol–water partition coefficient (Wildman–Crippen LogP) is 4.39. The van der Waals surface area contributed by atoms with Crippen molar-refractivity contribution in [3.8, 4) is 22.8 Å². The van der Waals surface area contributed by atoms with Crippen molar-refractivity contribution in [2.24, 2.45) is 0 Å². The third-order valence-corrected chi connectivity index (χ3v) is 5.22. The third-order valence-electron chi connectivity index (χ3n) is 5.22. The van der Waals surface area contributed by atoms with Gasteiger partial charge in [-0.15, -0.1) is 12.4 Å². The van der Waals surface area contributed by atoms with Crippen molar-refractivity contribution < 1.29 is 13.6 Å². The molecule has 2 aromatic carbocycles. The number of halogens is 2. The average molecular weight is 416 g/mol. The molecule has 2 heterocycles. The summed E-state index contributed by atoms with van der Waals surface area (Å²) in [6.07, 6.45) is 3.36. The zero-order chi connectivity index (χ0) is 19.5. The van der Waals surface area contributed by atoms with E-state index in [0.717, 1.165) is 12.8 Å². The molecule has 1 N–H and O–H groups in total. The van der Waals surface area contributed by atoms with E-state index in [1.165, 1.54) is 12.3 Å². The Balaban J connectivity index is 0.00000240. The molecule has 5 nitrogen and oxygen atoms in total. The van der Waals surface area contributed by atoms with E-state index in [-0.39, 0.29) is 24.1 Å². The molecule has 1 aromatic heterocycles. The molecule has 0 atom stereocenters. The smallest absolute Gasteiger partial charge is 0.254 e. The molecule has 7 heteroatoms. The molecule has 152 valence electrons. The Hall–Kier alpha value is -2.70. The molecule has 0 aliphatic carbocycles. The van der Waals surface area contributed by atoms with E-state index in [9.17, 15) is 9.18 Å². The van der Waals surface area contributed by atoms with Crippen LogP contribution in [0, 0.1) is 5.82 Å². The molecule has 0 radical (unpaired) electrons. The van der Waals surface area contributed by atoms with E-state index in [4.69, 9.17) is 4.42 Å². The number of hydrogen-bond acceptors (Lipinski definition) is 4. The standard InChI is InChI=1S/C22H22FN3O2.ClH/c1-24-15-10-12-26(13-11-15)22(27)17-7-3-2-6-16(17)21-25-14-20(28-21)18-8-4-5-9-19(18)23;/h2-9,14-15,24H,10-13H2,1H3;1H. The molecule has 1 aliphatic heterocycles. The van der Waals surface area contributed by atoms with Crippen LogP contribution in [-0.2, 0) is 0 Å². The summed E-state index contributed by atoms with van der Waals surface area (Å²) in [5.41, 5.74) is 1.51. The molecule has 0 bridgehead atoms. The summed E-state index contributed by atoms with van der Waals surface area (Å²) < 4.78 is 19.9. The van der Waals surface area contributed by atoms with Crippen molar-refractivity contribution in [1.29, 1.82) is 0 Å². The molecule has 4 rings (SSSR count). The Labute approximate surface area is 175 Å². The zero-order valence-electron chi connectivity index (χ0n) is 16.1. The Kier molecular flexibility index (Phi) is 6.67. The first-order valence-corrected chi connectivity index (χ1v) is 9.44. The number of carbonyl (C=O) groups excluding carboxylic acids is 1. The van der Waals surface area contributed by atoms with E-state index in [2.05, 4.69) is 10.3 Å². The quantitative estimate of drug-likeness (QED) is 0.686. The minimum Gasteiger partial charge on any atom is -0.436 e. The Morgan fingerprint density at radius 2 is 1.76 bits per heavy atom. The first kappa shape index (κ1) is 21.0. The van der Waals surface area contributed by atoms with Crippen LogP contribution in [0.2, 0.25) is 0 Å². The zero-order valence-corrected chi connectivity index (χ0v) is 16.9. The van der Waals surface area contributed by atoms with E-state index in [1.807, 2.05) is 30.1 Å². The number of oxazole rings is 1. The minimum absolute atomic E-state index is 0. The maximum absolute atomic E-state index is 14.0. The second-order valence-corrected chi connectivity index (χ2v) is 6.91. The number of piperidine rings is 1.